The minimum Gasteiger partial charge on any atom is -0.345 e. The Kier molecular flexibility index (Phi) is 5.65. The minimum atomic E-state index is -0.189. The Morgan fingerprint density at radius 3 is 2.48 bits per heavy atom. The fourth-order valence-electron chi connectivity index (χ4n) is 3.66. The van der Waals surface area contributed by atoms with Crippen LogP contribution in [-0.4, -0.2) is 54.8 Å². The lowest BCUT2D eigenvalue weighted by atomic mass is 9.89. The van der Waals surface area contributed by atoms with Gasteiger partial charge in [0.2, 0.25) is 11.8 Å². The molecule has 126 valence electrons. The van der Waals surface area contributed by atoms with Crippen LogP contribution in [0.15, 0.2) is 30.3 Å². The number of halogens is 1. The molecule has 2 aliphatic heterocycles. The second-order valence-electron chi connectivity index (χ2n) is 6.43. The molecule has 6 heteroatoms. The normalized spacial score (nSPS) is 27.2. The van der Waals surface area contributed by atoms with E-state index in [1.165, 1.54) is 5.56 Å². The first-order chi connectivity index (χ1) is 10.6. The fraction of sp³-hybridized carbons (Fsp3) is 0.529. The molecular weight excluding hydrogens is 314 g/mol. The van der Waals surface area contributed by atoms with Gasteiger partial charge in [-0.25, -0.2) is 0 Å². The zero-order valence-electron chi connectivity index (χ0n) is 13.4. The van der Waals surface area contributed by atoms with E-state index >= 15 is 0 Å². The van der Waals surface area contributed by atoms with Gasteiger partial charge >= 0.3 is 0 Å². The molecule has 23 heavy (non-hydrogen) atoms. The van der Waals surface area contributed by atoms with E-state index in [9.17, 15) is 9.59 Å². The summed E-state index contributed by atoms with van der Waals surface area (Å²) in [4.78, 5) is 27.9. The molecule has 0 radical (unpaired) electrons. The van der Waals surface area contributed by atoms with Crippen LogP contribution in [0.1, 0.15) is 17.9 Å². The number of hydrogen-bond acceptors (Lipinski definition) is 3. The van der Waals surface area contributed by atoms with E-state index in [2.05, 4.69) is 12.1 Å². The van der Waals surface area contributed by atoms with E-state index in [4.69, 9.17) is 5.73 Å². The van der Waals surface area contributed by atoms with Crippen LogP contribution in [0.3, 0.4) is 0 Å². The van der Waals surface area contributed by atoms with Crippen molar-refractivity contribution in [1.29, 1.82) is 0 Å². The third-order valence-corrected chi connectivity index (χ3v) is 4.97. The summed E-state index contributed by atoms with van der Waals surface area (Å²) in [5, 5.41) is 0. The van der Waals surface area contributed by atoms with Crippen molar-refractivity contribution in [2.75, 3.05) is 33.2 Å². The van der Waals surface area contributed by atoms with Crippen molar-refractivity contribution in [3.63, 3.8) is 0 Å². The van der Waals surface area contributed by atoms with Gasteiger partial charge < -0.3 is 15.5 Å². The van der Waals surface area contributed by atoms with Crippen molar-refractivity contribution >= 4 is 24.2 Å². The molecule has 2 fully saturated rings. The summed E-state index contributed by atoms with van der Waals surface area (Å²) < 4.78 is 0. The Balaban J connectivity index is 0.00000192. The van der Waals surface area contributed by atoms with Crippen LogP contribution >= 0.6 is 12.4 Å². The molecule has 2 aliphatic rings. The lowest BCUT2D eigenvalue weighted by Crippen LogP contribution is -2.36. The molecule has 0 aromatic heterocycles. The molecule has 2 amide bonds. The number of nitrogens with zero attached hydrogens (tertiary/aromatic N) is 2. The molecule has 2 heterocycles. The predicted molar refractivity (Wildman–Crippen MR) is 91.3 cm³/mol. The number of benzene rings is 1. The number of amides is 2. The van der Waals surface area contributed by atoms with E-state index in [1.54, 1.807) is 11.9 Å². The highest BCUT2D eigenvalue weighted by Gasteiger charge is 2.40. The monoisotopic (exact) mass is 337 g/mol. The van der Waals surface area contributed by atoms with Crippen LogP contribution in [0.25, 0.3) is 0 Å². The van der Waals surface area contributed by atoms with Gasteiger partial charge in [0.15, 0.2) is 0 Å². The Morgan fingerprint density at radius 1 is 1.22 bits per heavy atom. The number of nitrogens with two attached hydrogens (primary N) is 1. The first-order valence-electron chi connectivity index (χ1n) is 7.88. The van der Waals surface area contributed by atoms with Gasteiger partial charge in [-0.2, -0.15) is 0 Å². The average Bonchev–Trinajstić information content (AvgIpc) is 3.11. The summed E-state index contributed by atoms with van der Waals surface area (Å²) in [6.07, 6.45) is 0.342. The molecule has 3 rings (SSSR count). The van der Waals surface area contributed by atoms with Crippen LogP contribution in [-0.2, 0) is 9.59 Å². The summed E-state index contributed by atoms with van der Waals surface area (Å²) in [6.45, 7) is 2.52. The van der Waals surface area contributed by atoms with E-state index in [0.29, 0.717) is 44.4 Å². The molecule has 2 N–H and O–H groups in total. The van der Waals surface area contributed by atoms with Crippen LogP contribution < -0.4 is 5.73 Å². The van der Waals surface area contributed by atoms with Crippen LogP contribution in [0.5, 0.6) is 0 Å². The van der Waals surface area contributed by atoms with Crippen LogP contribution in [0.2, 0.25) is 0 Å². The van der Waals surface area contributed by atoms with E-state index in [0.717, 1.165) is 0 Å². The highest BCUT2D eigenvalue weighted by atomic mass is 35.5. The molecule has 3 atom stereocenters. The van der Waals surface area contributed by atoms with Crippen molar-refractivity contribution in [1.82, 2.24) is 9.80 Å². The first kappa shape index (κ1) is 17.8. The van der Waals surface area contributed by atoms with Crippen LogP contribution in [0, 0.1) is 11.8 Å². The van der Waals surface area contributed by atoms with Crippen molar-refractivity contribution in [2.24, 2.45) is 17.6 Å². The standard InChI is InChI=1S/C17H23N3O2.ClH/c1-19-9-13(7-16(19)21)17(22)20-10-14(8-18)15(11-20)12-5-3-2-4-6-12;/h2-6,13-15H,7-11,18H2,1H3;1H/t13?,14-,15+;/m1./s1. The van der Waals surface area contributed by atoms with Gasteiger partial charge in [0.1, 0.15) is 0 Å². The highest BCUT2D eigenvalue weighted by Crippen LogP contribution is 2.33. The van der Waals surface area contributed by atoms with E-state index < -0.39 is 0 Å². The van der Waals surface area contributed by atoms with Crippen molar-refractivity contribution in [3.8, 4) is 0 Å². The summed E-state index contributed by atoms with van der Waals surface area (Å²) in [7, 11) is 1.76. The van der Waals surface area contributed by atoms with Gasteiger partial charge in [0, 0.05) is 39.0 Å². The molecule has 0 aliphatic carbocycles. The summed E-state index contributed by atoms with van der Waals surface area (Å²) in [6, 6.07) is 10.3. The third-order valence-electron chi connectivity index (χ3n) is 4.97. The first-order valence-corrected chi connectivity index (χ1v) is 7.88. The van der Waals surface area contributed by atoms with Gasteiger partial charge in [-0.3, -0.25) is 9.59 Å². The third kappa shape index (κ3) is 3.51. The maximum Gasteiger partial charge on any atom is 0.228 e. The molecule has 1 aromatic rings. The van der Waals surface area contributed by atoms with Gasteiger partial charge in [0.25, 0.3) is 0 Å². The Hall–Kier alpha value is -1.59. The maximum atomic E-state index is 12.7. The van der Waals surface area contributed by atoms with E-state index in [1.807, 2.05) is 23.1 Å². The van der Waals surface area contributed by atoms with Gasteiger partial charge in [-0.15, -0.1) is 12.4 Å². The fourth-order valence-corrected chi connectivity index (χ4v) is 3.66. The molecule has 0 spiro atoms. The van der Waals surface area contributed by atoms with Crippen molar-refractivity contribution in [2.45, 2.75) is 12.3 Å². The van der Waals surface area contributed by atoms with Gasteiger partial charge in [-0.1, -0.05) is 30.3 Å². The topological polar surface area (TPSA) is 66.6 Å². The highest BCUT2D eigenvalue weighted by molar-refractivity contribution is 5.89. The average molecular weight is 338 g/mol. The molecule has 1 unspecified atom stereocenters. The Morgan fingerprint density at radius 2 is 1.91 bits per heavy atom. The van der Waals surface area contributed by atoms with E-state index in [-0.39, 0.29) is 30.1 Å². The SMILES string of the molecule is CN1CC(C(=O)N2C[C@@H](CN)[C@H](c3ccccc3)C2)CC1=O.Cl. The van der Waals surface area contributed by atoms with Crippen LogP contribution in [0.4, 0.5) is 0 Å². The summed E-state index contributed by atoms with van der Waals surface area (Å²) in [5.74, 6) is 0.568. The second kappa shape index (κ2) is 7.32. The van der Waals surface area contributed by atoms with Gasteiger partial charge in [-0.05, 0) is 18.0 Å². The zero-order valence-corrected chi connectivity index (χ0v) is 14.2. The Bertz CT molecular complexity index is 566. The number of carbonyl (C=O) groups excluding carboxylic acids is 2. The number of hydrogen-bond donors (Lipinski definition) is 1. The Labute approximate surface area is 143 Å². The summed E-state index contributed by atoms with van der Waals surface area (Å²) in [5.41, 5.74) is 7.16. The number of carbonyl (C=O) groups is 2. The lowest BCUT2D eigenvalue weighted by Gasteiger charge is -2.20. The smallest absolute Gasteiger partial charge is 0.228 e. The second-order valence-corrected chi connectivity index (χ2v) is 6.43. The number of likely N-dealkylation sites (tertiary alicyclic amines) is 2. The van der Waals surface area contributed by atoms with Gasteiger partial charge in [0.05, 0.1) is 5.92 Å². The number of rotatable bonds is 3. The molecule has 0 saturated carbocycles. The molecule has 1 aromatic carbocycles. The quantitative estimate of drug-likeness (QED) is 0.897. The zero-order chi connectivity index (χ0) is 15.7. The largest absolute Gasteiger partial charge is 0.345 e. The molecule has 2 saturated heterocycles. The molecule has 0 bridgehead atoms. The predicted octanol–water partition coefficient (Wildman–Crippen LogP) is 1.09. The molecular formula is C17H24ClN3O2. The van der Waals surface area contributed by atoms with Crippen molar-refractivity contribution in [3.05, 3.63) is 35.9 Å². The maximum absolute atomic E-state index is 12.7. The molecule has 5 nitrogen and oxygen atoms in total. The summed E-state index contributed by atoms with van der Waals surface area (Å²) >= 11 is 0. The van der Waals surface area contributed by atoms with Crippen molar-refractivity contribution < 1.29 is 9.59 Å². The lowest BCUT2D eigenvalue weighted by molar-refractivity contribution is -0.135. The minimum absolute atomic E-state index is 0.